The van der Waals surface area contributed by atoms with Crippen LogP contribution in [0.3, 0.4) is 0 Å². The second kappa shape index (κ2) is 19.0. The van der Waals surface area contributed by atoms with Crippen LogP contribution in [0.5, 0.6) is 0 Å². The maximum atomic E-state index is 12.8. The average molecular weight is 498 g/mol. The topological polar surface area (TPSA) is 121 Å². The molecule has 186 valence electrons. The fraction of sp³-hybridized carbons (Fsp3) is 0.826. The van der Waals surface area contributed by atoms with Gasteiger partial charge >= 0.3 is 35.4 Å². The third kappa shape index (κ3) is 15.3. The van der Waals surface area contributed by atoms with Crippen LogP contribution in [-0.4, -0.2) is 88.9 Å². The number of hydrogen-bond acceptors (Lipinski definition) is 7. The zero-order valence-corrected chi connectivity index (χ0v) is 23.4. The molecule has 1 atom stereocenters. The Morgan fingerprint density at radius 3 is 2.33 bits per heavy atom. The number of carbonyl (C=O) groups excluding carboxylic acids is 1. The first-order chi connectivity index (χ1) is 15.3. The maximum absolute atomic E-state index is 12.8. The van der Waals surface area contributed by atoms with Gasteiger partial charge in [-0.2, -0.15) is 0 Å². The second-order valence-corrected chi connectivity index (χ2v) is 10.0. The molecule has 0 bridgehead atoms. The Morgan fingerprint density at radius 1 is 1.12 bits per heavy atom. The number of Topliss-reactive ketones (excluding diaryl/α,β-unsaturated/α-hetero) is 1. The van der Waals surface area contributed by atoms with Gasteiger partial charge in [0.25, 0.3) is 0 Å². The van der Waals surface area contributed by atoms with Gasteiger partial charge in [0.05, 0.1) is 22.5 Å². The number of hydrogen-bond donors (Lipinski definition) is 2. The summed E-state index contributed by atoms with van der Waals surface area (Å²) in [5.74, 6) is -0.527. The number of nitrogens with zero attached hydrogens (tertiary/aromatic N) is 2. The summed E-state index contributed by atoms with van der Waals surface area (Å²) in [4.78, 5) is 14.6. The van der Waals surface area contributed by atoms with E-state index in [9.17, 15) is 28.0 Å². The molecule has 1 aliphatic rings. The van der Waals surface area contributed by atoms with Crippen LogP contribution in [0.25, 0.3) is 0 Å². The second-order valence-electron chi connectivity index (χ2n) is 8.56. The molecule has 0 spiro atoms. The number of allylic oxidation sites excluding steroid dienone is 2. The van der Waals surface area contributed by atoms with Crippen molar-refractivity contribution in [3.8, 4) is 0 Å². The average Bonchev–Trinajstić information content (AvgIpc) is 3.09. The van der Waals surface area contributed by atoms with Gasteiger partial charge in [0.1, 0.15) is 32.3 Å². The van der Waals surface area contributed by atoms with E-state index in [0.29, 0.717) is 31.9 Å². The first kappa shape index (κ1) is 32.7. The van der Waals surface area contributed by atoms with Crippen LogP contribution in [0.2, 0.25) is 0 Å². The first-order valence-corrected chi connectivity index (χ1v) is 13.6. The summed E-state index contributed by atoms with van der Waals surface area (Å²) in [5, 5.41) is 19.2. The summed E-state index contributed by atoms with van der Waals surface area (Å²) in [6, 6.07) is 0. The van der Waals surface area contributed by atoms with E-state index in [4.69, 9.17) is 0 Å². The predicted octanol–water partition coefficient (Wildman–Crippen LogP) is -0.948. The quantitative estimate of drug-likeness (QED) is 0.0776. The zero-order chi connectivity index (χ0) is 23.8. The molecular weight excluding hydrogens is 455 g/mol. The minimum Gasteiger partial charge on any atom is -0.748 e. The Hall–Kier alpha value is -0.290. The molecule has 0 aromatic heterocycles. The summed E-state index contributed by atoms with van der Waals surface area (Å²) in [5.41, 5.74) is 0. The molecule has 1 heterocycles. The third-order valence-electron chi connectivity index (χ3n) is 5.60. The number of rotatable bonds is 19. The summed E-state index contributed by atoms with van der Waals surface area (Å²) in [6.07, 6.45) is 14.8. The van der Waals surface area contributed by atoms with Gasteiger partial charge in [-0.15, -0.1) is 0 Å². The molecule has 10 heteroatoms. The smallest absolute Gasteiger partial charge is 0.748 e. The van der Waals surface area contributed by atoms with Crippen LogP contribution in [0.1, 0.15) is 77.6 Å². The standard InChI is InChI=1S/C23H42N2O6S.Na/c1-2-3-4-5-6-7-8-9-10-11-12-13-14-22(28)23-24(17-18-26)15-16-25(23)19-21(27)20-32(29,30)31;/h5-6,21,26-27H,2-4,7-20H2,1H3;/q;+1/b6-5+;. The molecule has 0 radical (unpaired) electrons. The SMILES string of the molecule is CCCC/C=C/CCCCCCCCC(=O)C1=[N+](CC(O)CS(=O)(=O)[O-])CCN1CCO.[Na+]. The van der Waals surface area contributed by atoms with Gasteiger partial charge in [-0.1, -0.05) is 57.6 Å². The fourth-order valence-electron chi connectivity index (χ4n) is 3.99. The van der Waals surface area contributed by atoms with Crippen molar-refractivity contribution in [3.05, 3.63) is 12.2 Å². The Labute approximate surface area is 222 Å². The molecule has 0 fully saturated rings. The van der Waals surface area contributed by atoms with Crippen LogP contribution in [-0.2, 0) is 14.9 Å². The number of aliphatic hydroxyl groups is 2. The number of aliphatic hydroxyl groups excluding tert-OH is 2. The number of carbonyl (C=O) groups is 1. The molecule has 1 unspecified atom stereocenters. The summed E-state index contributed by atoms with van der Waals surface area (Å²) in [6.45, 7) is 3.29. The molecule has 0 amide bonds. The molecule has 0 aromatic rings. The van der Waals surface area contributed by atoms with Gasteiger partial charge in [0, 0.05) is 6.42 Å². The van der Waals surface area contributed by atoms with E-state index >= 15 is 0 Å². The molecule has 0 aromatic carbocycles. The van der Waals surface area contributed by atoms with E-state index in [2.05, 4.69) is 19.1 Å². The van der Waals surface area contributed by atoms with Crippen molar-refractivity contribution in [1.82, 2.24) is 4.90 Å². The van der Waals surface area contributed by atoms with E-state index in [1.165, 1.54) is 32.1 Å². The Kier molecular flexibility index (Phi) is 18.8. The Morgan fingerprint density at radius 2 is 1.73 bits per heavy atom. The first-order valence-electron chi connectivity index (χ1n) is 12.1. The van der Waals surface area contributed by atoms with Gasteiger partial charge in [-0.3, -0.25) is 14.3 Å². The minimum absolute atomic E-state index is 0. The van der Waals surface area contributed by atoms with E-state index < -0.39 is 22.0 Å². The van der Waals surface area contributed by atoms with Crippen molar-refractivity contribution >= 4 is 21.7 Å². The molecular formula is C23H42N2NaO6S+. The molecule has 0 saturated heterocycles. The molecule has 33 heavy (non-hydrogen) atoms. The van der Waals surface area contributed by atoms with Crippen molar-refractivity contribution in [1.29, 1.82) is 0 Å². The van der Waals surface area contributed by atoms with Crippen LogP contribution in [0, 0.1) is 0 Å². The van der Waals surface area contributed by atoms with Gasteiger partial charge in [-0.05, 0) is 25.7 Å². The third-order valence-corrected chi connectivity index (χ3v) is 6.39. The van der Waals surface area contributed by atoms with Crippen LogP contribution < -0.4 is 29.6 Å². The molecule has 1 rings (SSSR count). The van der Waals surface area contributed by atoms with Crippen molar-refractivity contribution in [2.75, 3.05) is 38.5 Å². The summed E-state index contributed by atoms with van der Waals surface area (Å²) in [7, 11) is -4.54. The van der Waals surface area contributed by atoms with Crippen LogP contribution in [0.15, 0.2) is 12.2 Å². The Balaban J connectivity index is 0.0000102. The maximum Gasteiger partial charge on any atom is 1.00 e. The molecule has 0 saturated carbocycles. The van der Waals surface area contributed by atoms with Gasteiger partial charge < -0.3 is 14.8 Å². The molecule has 0 aliphatic carbocycles. The molecule has 8 nitrogen and oxygen atoms in total. The fourth-order valence-corrected chi connectivity index (χ4v) is 4.57. The van der Waals surface area contributed by atoms with Crippen molar-refractivity contribution in [3.63, 3.8) is 0 Å². The summed E-state index contributed by atoms with van der Waals surface area (Å²) < 4.78 is 34.3. The van der Waals surface area contributed by atoms with Gasteiger partial charge in [0.15, 0.2) is 0 Å². The van der Waals surface area contributed by atoms with Gasteiger partial charge in [-0.25, -0.2) is 8.42 Å². The van der Waals surface area contributed by atoms with E-state index in [-0.39, 0.29) is 48.5 Å². The Bertz CT molecular complexity index is 712. The van der Waals surface area contributed by atoms with E-state index in [1.807, 2.05) is 0 Å². The van der Waals surface area contributed by atoms with E-state index in [0.717, 1.165) is 32.1 Å². The predicted molar refractivity (Wildman–Crippen MR) is 125 cm³/mol. The largest absolute Gasteiger partial charge is 1.00 e. The van der Waals surface area contributed by atoms with E-state index in [1.54, 1.807) is 9.48 Å². The molecule has 1 aliphatic heterocycles. The van der Waals surface area contributed by atoms with Crippen molar-refractivity contribution in [2.45, 2.75) is 83.7 Å². The monoisotopic (exact) mass is 497 g/mol. The summed E-state index contributed by atoms with van der Waals surface area (Å²) >= 11 is 0. The number of β-amino-alcohol motifs (C(OH)–C–C–N with tert-alkyl or cyclic N) is 2. The number of amidine groups is 1. The molecule has 2 N–H and O–H groups in total. The normalized spacial score (nSPS) is 15.3. The van der Waals surface area contributed by atoms with Crippen molar-refractivity contribution < 1.29 is 62.1 Å². The zero-order valence-electron chi connectivity index (χ0n) is 20.6. The van der Waals surface area contributed by atoms with Gasteiger partial charge in [0.2, 0.25) is 5.78 Å². The minimum atomic E-state index is -4.54. The van der Waals surface area contributed by atoms with Crippen LogP contribution >= 0.6 is 0 Å². The van der Waals surface area contributed by atoms with Crippen LogP contribution in [0.4, 0.5) is 0 Å². The number of ketones is 1. The van der Waals surface area contributed by atoms with Crippen molar-refractivity contribution in [2.24, 2.45) is 0 Å². The number of unbranched alkanes of at least 4 members (excludes halogenated alkanes) is 8.